The number of fused-ring (bicyclic) bond motifs is 2. The number of likely N-dealkylation sites (tertiary alicyclic amines) is 2. The van der Waals surface area contributed by atoms with Crippen molar-refractivity contribution in [2.45, 2.75) is 155 Å². The van der Waals surface area contributed by atoms with Gasteiger partial charge in [0.05, 0.1) is 50.5 Å². The van der Waals surface area contributed by atoms with E-state index >= 15 is 0 Å². The number of aryl methyl sites for hydroxylation is 2. The summed E-state index contributed by atoms with van der Waals surface area (Å²) in [4.78, 5) is 72.5. The number of rotatable bonds is 7. The summed E-state index contributed by atoms with van der Waals surface area (Å²) in [6.07, 6.45) is -0.835. The van der Waals surface area contributed by atoms with E-state index in [-0.39, 0.29) is 35.6 Å². The maximum absolute atomic E-state index is 13.0. The SMILES string of the molecule is CC(C)(C)OC(=O)[C@@H]1C[C@]2(CO2)CN1C(=O)OC(C)(C)C.COc1ccc2[nH]c(C)c(Cl)c(=O)c2c1.COc1ccc2nc(C)c(Cl)c(OC[C@@]3(O)CC(C(=O)OC(C)(C)C)N(C(=O)OC(C)(C)C)C3)c2c1. The minimum absolute atomic E-state index is 0.0932. The van der Waals surface area contributed by atoms with Crippen LogP contribution in [0.25, 0.3) is 21.8 Å². The molecule has 0 bridgehead atoms. The van der Waals surface area contributed by atoms with E-state index in [9.17, 15) is 29.1 Å². The Hall–Kier alpha value is -5.56. The molecule has 396 valence electrons. The molecule has 18 nitrogen and oxygen atoms in total. The minimum atomic E-state index is -1.57. The molecule has 0 aliphatic carbocycles. The number of nitrogens with one attached hydrogen (secondary N) is 1. The van der Waals surface area contributed by atoms with Crippen LogP contribution in [-0.2, 0) is 33.3 Å². The molecular weight excluding hydrogens is 975 g/mol. The predicted octanol–water partition coefficient (Wildman–Crippen LogP) is 9.27. The van der Waals surface area contributed by atoms with Crippen molar-refractivity contribution in [2.75, 3.05) is 40.5 Å². The first-order chi connectivity index (χ1) is 33.1. The Kier molecular flexibility index (Phi) is 17.1. The molecule has 3 aliphatic heterocycles. The number of esters is 2. The number of carbonyl (C=O) groups excluding carboxylic acids is 4. The highest BCUT2D eigenvalue weighted by Gasteiger charge is 2.59. The number of ether oxygens (including phenoxy) is 8. The zero-order chi connectivity index (χ0) is 54.1. The van der Waals surface area contributed by atoms with Crippen LogP contribution in [0.2, 0.25) is 10.0 Å². The lowest BCUT2D eigenvalue weighted by atomic mass is 10.0. The van der Waals surface area contributed by atoms with Crippen molar-refractivity contribution in [1.29, 1.82) is 0 Å². The summed E-state index contributed by atoms with van der Waals surface area (Å²) in [5, 5.41) is 13.1. The number of epoxide rings is 1. The molecule has 3 fully saturated rings. The van der Waals surface area contributed by atoms with E-state index in [1.807, 2.05) is 0 Å². The molecule has 72 heavy (non-hydrogen) atoms. The van der Waals surface area contributed by atoms with Crippen molar-refractivity contribution in [2.24, 2.45) is 0 Å². The molecule has 0 saturated carbocycles. The average Bonchev–Trinajstić information content (AvgIpc) is 3.74. The number of nitrogens with zero attached hydrogens (tertiary/aromatic N) is 3. The monoisotopic (exact) mass is 1040 g/mol. The first-order valence-electron chi connectivity index (χ1n) is 23.5. The van der Waals surface area contributed by atoms with Crippen LogP contribution in [0.3, 0.4) is 0 Å². The van der Waals surface area contributed by atoms with E-state index in [0.717, 1.165) is 5.52 Å². The highest BCUT2D eigenvalue weighted by Crippen LogP contribution is 2.42. The first kappa shape index (κ1) is 57.3. The number of hydrogen-bond donors (Lipinski definition) is 2. The van der Waals surface area contributed by atoms with Crippen molar-refractivity contribution in [1.82, 2.24) is 19.8 Å². The van der Waals surface area contributed by atoms with Crippen LogP contribution in [0.1, 0.15) is 107 Å². The third kappa shape index (κ3) is 15.0. The van der Waals surface area contributed by atoms with Gasteiger partial charge in [0.1, 0.15) is 79.6 Å². The van der Waals surface area contributed by atoms with Crippen molar-refractivity contribution in [3.05, 3.63) is 68.1 Å². The number of halogens is 2. The van der Waals surface area contributed by atoms with Crippen LogP contribution in [0.5, 0.6) is 17.2 Å². The summed E-state index contributed by atoms with van der Waals surface area (Å²) >= 11 is 12.4. The number of carbonyl (C=O) groups is 4. The van der Waals surface area contributed by atoms with Gasteiger partial charge in [-0.15, -0.1) is 0 Å². The predicted molar refractivity (Wildman–Crippen MR) is 272 cm³/mol. The van der Waals surface area contributed by atoms with Crippen molar-refractivity contribution >= 4 is 69.1 Å². The van der Waals surface area contributed by atoms with Crippen LogP contribution in [0, 0.1) is 13.8 Å². The Bertz CT molecular complexity index is 2660. The lowest BCUT2D eigenvalue weighted by Crippen LogP contribution is -2.46. The van der Waals surface area contributed by atoms with Crippen molar-refractivity contribution < 1.29 is 62.2 Å². The van der Waals surface area contributed by atoms with Crippen LogP contribution >= 0.6 is 23.2 Å². The van der Waals surface area contributed by atoms with Gasteiger partial charge in [0.2, 0.25) is 5.43 Å². The number of methoxy groups -OCH3 is 2. The Balaban J connectivity index is 0.000000224. The maximum Gasteiger partial charge on any atom is 0.411 e. The second kappa shape index (κ2) is 21.5. The molecule has 3 aliphatic rings. The number of H-pyrrole nitrogens is 1. The highest BCUT2D eigenvalue weighted by atomic mass is 35.5. The number of aromatic nitrogens is 2. The molecule has 0 radical (unpaired) electrons. The molecule has 1 spiro atoms. The van der Waals surface area contributed by atoms with Gasteiger partial charge >= 0.3 is 24.1 Å². The van der Waals surface area contributed by atoms with Gasteiger partial charge in [0.25, 0.3) is 0 Å². The Morgan fingerprint density at radius 3 is 1.68 bits per heavy atom. The van der Waals surface area contributed by atoms with Gasteiger partial charge in [-0.25, -0.2) is 19.2 Å². The molecule has 1 unspecified atom stereocenters. The van der Waals surface area contributed by atoms with Gasteiger partial charge < -0.3 is 48.0 Å². The third-order valence-electron chi connectivity index (χ3n) is 11.0. The number of hydrogen-bond acceptors (Lipinski definition) is 15. The topological polar surface area (TPSA) is 218 Å². The zero-order valence-corrected chi connectivity index (χ0v) is 45.7. The minimum Gasteiger partial charge on any atom is -0.497 e. The van der Waals surface area contributed by atoms with Gasteiger partial charge in [-0.1, -0.05) is 23.2 Å². The molecule has 20 heteroatoms. The molecule has 5 heterocycles. The lowest BCUT2D eigenvalue weighted by molar-refractivity contribution is -0.161. The molecule has 3 saturated heterocycles. The number of amides is 2. The van der Waals surface area contributed by atoms with E-state index < -0.39 is 64.2 Å². The fourth-order valence-corrected chi connectivity index (χ4v) is 8.13. The maximum atomic E-state index is 13.0. The summed E-state index contributed by atoms with van der Waals surface area (Å²) in [7, 11) is 3.11. The summed E-state index contributed by atoms with van der Waals surface area (Å²) in [5.74, 6) is 0.539. The van der Waals surface area contributed by atoms with Crippen LogP contribution in [-0.4, -0.2) is 135 Å². The van der Waals surface area contributed by atoms with E-state index in [2.05, 4.69) is 9.97 Å². The fourth-order valence-electron chi connectivity index (χ4n) is 7.78. The van der Waals surface area contributed by atoms with Crippen molar-refractivity contribution in [3.8, 4) is 17.2 Å². The quantitative estimate of drug-likeness (QED) is 0.100. The summed E-state index contributed by atoms with van der Waals surface area (Å²) in [6, 6.07) is 8.92. The molecule has 4 atom stereocenters. The second-order valence-electron chi connectivity index (χ2n) is 22.2. The van der Waals surface area contributed by atoms with Gasteiger partial charge in [-0.2, -0.15) is 0 Å². The van der Waals surface area contributed by atoms with E-state index in [0.29, 0.717) is 69.5 Å². The van der Waals surface area contributed by atoms with Gasteiger partial charge in [0, 0.05) is 29.4 Å². The lowest BCUT2D eigenvalue weighted by Gasteiger charge is -2.29. The number of benzene rings is 2. The zero-order valence-electron chi connectivity index (χ0n) is 44.2. The Morgan fingerprint density at radius 1 is 0.722 bits per heavy atom. The van der Waals surface area contributed by atoms with Gasteiger partial charge in [0.15, 0.2) is 0 Å². The van der Waals surface area contributed by atoms with Crippen molar-refractivity contribution in [3.63, 3.8) is 0 Å². The van der Waals surface area contributed by atoms with E-state index in [1.54, 1.807) is 148 Å². The number of pyridine rings is 2. The number of aliphatic hydroxyl groups is 1. The summed E-state index contributed by atoms with van der Waals surface area (Å²) < 4.78 is 43.7. The smallest absolute Gasteiger partial charge is 0.411 e. The summed E-state index contributed by atoms with van der Waals surface area (Å²) in [6.45, 7) is 25.3. The molecule has 4 aromatic rings. The van der Waals surface area contributed by atoms with Gasteiger partial charge in [-0.05, 0) is 133 Å². The molecule has 2 aromatic carbocycles. The fraction of sp³-hybridized carbons (Fsp3) is 0.577. The average molecular weight is 1050 g/mol. The molecular formula is C52H70Cl2N4O14. The van der Waals surface area contributed by atoms with E-state index in [4.69, 9.17) is 61.1 Å². The van der Waals surface area contributed by atoms with Crippen LogP contribution < -0.4 is 19.6 Å². The van der Waals surface area contributed by atoms with Crippen LogP contribution in [0.4, 0.5) is 9.59 Å². The summed E-state index contributed by atoms with van der Waals surface area (Å²) in [5.41, 5.74) is -2.20. The standard InChI is InChI=1S/C26H35ClN2O7.C15H25NO5.C11H10ClNO2/c1-15-20(27)21(17-11-16(33-8)9-10-18(17)28-15)34-14-26(32)12-19(22(30)35-24(2,3)4)29(13-26)23(31)36-25(5,6)7;1-13(2,3)20-11(17)10-7-15(9-19-15)8-16(10)12(18)21-14(4,5)6;1-6-10(12)11(14)8-5-7(15-2)3-4-9(8)13-6/h9-11,19,32H,12-14H2,1-8H3;10H,7-9H2,1-6H3;3-5H,1-2H3,(H,13,14)/t19?,26-;10-,15+;/m10./s1. The largest absolute Gasteiger partial charge is 0.497 e. The molecule has 2 amide bonds. The Morgan fingerprint density at radius 2 is 1.19 bits per heavy atom. The van der Waals surface area contributed by atoms with Gasteiger partial charge in [-0.3, -0.25) is 19.6 Å². The molecule has 2 aromatic heterocycles. The Labute approximate surface area is 430 Å². The number of β-amino-alcohol motifs (C(OH)–C–C–N with tert-alkyl or cyclic N) is 1. The molecule has 7 rings (SSSR count). The molecule has 2 N–H and O–H groups in total. The number of aromatic amines is 1. The third-order valence-corrected chi connectivity index (χ3v) is 11.9. The van der Waals surface area contributed by atoms with Crippen LogP contribution in [0.15, 0.2) is 41.2 Å². The second-order valence-corrected chi connectivity index (χ2v) is 23.0. The normalized spacial score (nSPS) is 20.8. The highest BCUT2D eigenvalue weighted by molar-refractivity contribution is 6.33. The first-order valence-corrected chi connectivity index (χ1v) is 24.3. The van der Waals surface area contributed by atoms with E-state index in [1.165, 1.54) is 9.80 Å².